The van der Waals surface area contributed by atoms with Crippen molar-refractivity contribution in [2.45, 2.75) is 88.6 Å². The zero-order valence-electron chi connectivity index (χ0n) is 16.3. The van der Waals surface area contributed by atoms with Crippen molar-refractivity contribution in [1.29, 1.82) is 0 Å². The molecule has 0 radical (unpaired) electrons. The van der Waals surface area contributed by atoms with Crippen LogP contribution in [0, 0.1) is 11.8 Å². The van der Waals surface area contributed by atoms with Gasteiger partial charge in [-0.1, -0.05) is 32.1 Å². The van der Waals surface area contributed by atoms with Crippen molar-refractivity contribution < 1.29 is 14.0 Å². The van der Waals surface area contributed by atoms with E-state index in [0.29, 0.717) is 12.3 Å². The third-order valence-corrected chi connectivity index (χ3v) is 6.94. The lowest BCUT2D eigenvalue weighted by Gasteiger charge is -2.29. The van der Waals surface area contributed by atoms with E-state index in [4.69, 9.17) is 4.84 Å². The molecule has 2 aliphatic heterocycles. The molecule has 0 spiro atoms. The maximum atomic E-state index is 14.1. The first-order chi connectivity index (χ1) is 13.2. The highest BCUT2D eigenvalue weighted by Crippen LogP contribution is 2.32. The van der Waals surface area contributed by atoms with Crippen molar-refractivity contribution in [1.82, 2.24) is 21.2 Å². The zero-order valence-corrected chi connectivity index (χ0v) is 16.3. The van der Waals surface area contributed by atoms with Gasteiger partial charge in [-0.25, -0.2) is 9.40 Å². The van der Waals surface area contributed by atoms with Crippen LogP contribution in [0.3, 0.4) is 0 Å². The normalized spacial score (nSPS) is 38.9. The Morgan fingerprint density at radius 2 is 1.89 bits per heavy atom. The molecule has 4 aliphatic rings. The van der Waals surface area contributed by atoms with Gasteiger partial charge in [0.15, 0.2) is 0 Å². The monoisotopic (exact) mass is 382 g/mol. The summed E-state index contributed by atoms with van der Waals surface area (Å²) in [6, 6.07) is -0.172. The molecule has 27 heavy (non-hydrogen) atoms. The minimum atomic E-state index is -0.675. The first-order valence-electron chi connectivity index (χ1n) is 11.0. The van der Waals surface area contributed by atoms with E-state index in [1.807, 2.05) is 0 Å². The quantitative estimate of drug-likeness (QED) is 0.679. The molecule has 1 amide bonds. The van der Waals surface area contributed by atoms with E-state index < -0.39 is 6.17 Å². The molecule has 5 unspecified atom stereocenters. The van der Waals surface area contributed by atoms with Crippen LogP contribution >= 0.6 is 0 Å². The van der Waals surface area contributed by atoms with Gasteiger partial charge in [-0.3, -0.25) is 15.1 Å². The standard InChI is InChI=1S/C20H35FN4O2/c21-17-9-5-4-8-15(17)12-25-13-16(11-22-25)23-20(26)18-10-19(27-24-18)14-6-2-1-3-7-14/h14-19,22,24H,1-13H2,(H,23,26). The predicted octanol–water partition coefficient (Wildman–Crippen LogP) is 2.06. The van der Waals surface area contributed by atoms with Gasteiger partial charge in [0, 0.05) is 32.0 Å². The van der Waals surface area contributed by atoms with E-state index in [1.165, 1.54) is 32.1 Å². The SMILES string of the molecule is O=C(NC1CNN(CC2CCCCC2F)C1)C1CC(C2CCCCC2)ON1. The molecule has 0 bridgehead atoms. The summed E-state index contributed by atoms with van der Waals surface area (Å²) in [6.07, 6.45) is 10.4. The summed E-state index contributed by atoms with van der Waals surface area (Å²) in [4.78, 5) is 18.4. The Morgan fingerprint density at radius 3 is 2.70 bits per heavy atom. The zero-order chi connectivity index (χ0) is 18.6. The molecule has 0 aromatic carbocycles. The van der Waals surface area contributed by atoms with E-state index in [-0.39, 0.29) is 30.0 Å². The highest BCUT2D eigenvalue weighted by Gasteiger charge is 2.37. The Balaban J connectivity index is 1.19. The van der Waals surface area contributed by atoms with Crippen molar-refractivity contribution >= 4 is 5.91 Å². The fourth-order valence-corrected chi connectivity index (χ4v) is 5.28. The Bertz CT molecular complexity index is 502. The van der Waals surface area contributed by atoms with Gasteiger partial charge in [-0.2, -0.15) is 5.48 Å². The lowest BCUT2D eigenvalue weighted by molar-refractivity contribution is -0.125. The van der Waals surface area contributed by atoms with Crippen LogP contribution < -0.4 is 16.2 Å². The number of nitrogens with one attached hydrogen (secondary N) is 3. The number of halogens is 1. The van der Waals surface area contributed by atoms with Gasteiger partial charge >= 0.3 is 0 Å². The number of carbonyl (C=O) groups is 1. The van der Waals surface area contributed by atoms with Crippen molar-refractivity contribution in [2.75, 3.05) is 19.6 Å². The van der Waals surface area contributed by atoms with Crippen molar-refractivity contribution in [3.05, 3.63) is 0 Å². The molecule has 2 saturated carbocycles. The fourth-order valence-electron chi connectivity index (χ4n) is 5.28. The Hall–Kier alpha value is -0.760. The number of alkyl halides is 1. The summed E-state index contributed by atoms with van der Waals surface area (Å²) < 4.78 is 14.1. The Morgan fingerprint density at radius 1 is 1.11 bits per heavy atom. The van der Waals surface area contributed by atoms with Crippen LogP contribution in [-0.4, -0.2) is 54.9 Å². The first kappa shape index (κ1) is 19.6. The van der Waals surface area contributed by atoms with Gasteiger partial charge in [-0.05, 0) is 31.6 Å². The Kier molecular flexibility index (Phi) is 6.63. The summed E-state index contributed by atoms with van der Waals surface area (Å²) >= 11 is 0. The molecule has 2 aliphatic carbocycles. The topological polar surface area (TPSA) is 65.6 Å². The lowest BCUT2D eigenvalue weighted by Crippen LogP contribution is -2.47. The second-order valence-electron chi connectivity index (χ2n) is 8.99. The number of hydroxylamine groups is 1. The molecular weight excluding hydrogens is 347 g/mol. The molecule has 3 N–H and O–H groups in total. The van der Waals surface area contributed by atoms with E-state index in [9.17, 15) is 9.18 Å². The van der Waals surface area contributed by atoms with Crippen LogP contribution in [0.25, 0.3) is 0 Å². The molecule has 2 heterocycles. The van der Waals surface area contributed by atoms with Crippen molar-refractivity contribution in [2.24, 2.45) is 11.8 Å². The minimum Gasteiger partial charge on any atom is -0.349 e. The molecule has 4 rings (SSSR count). The smallest absolute Gasteiger partial charge is 0.239 e. The molecule has 4 fully saturated rings. The lowest BCUT2D eigenvalue weighted by atomic mass is 9.83. The van der Waals surface area contributed by atoms with Crippen LogP contribution in [0.2, 0.25) is 0 Å². The fraction of sp³-hybridized carbons (Fsp3) is 0.950. The number of hydrazine groups is 1. The second-order valence-corrected chi connectivity index (χ2v) is 8.99. The van der Waals surface area contributed by atoms with Gasteiger partial charge in [0.05, 0.1) is 12.1 Å². The van der Waals surface area contributed by atoms with Crippen LogP contribution in [0.4, 0.5) is 4.39 Å². The van der Waals surface area contributed by atoms with Crippen LogP contribution in [0.15, 0.2) is 0 Å². The van der Waals surface area contributed by atoms with Crippen LogP contribution in [0.1, 0.15) is 64.2 Å². The summed E-state index contributed by atoms with van der Waals surface area (Å²) in [6.45, 7) is 2.20. The van der Waals surface area contributed by atoms with Gasteiger partial charge in [0.25, 0.3) is 0 Å². The van der Waals surface area contributed by atoms with E-state index in [0.717, 1.165) is 45.3 Å². The summed E-state index contributed by atoms with van der Waals surface area (Å²) in [7, 11) is 0. The number of nitrogens with zero attached hydrogens (tertiary/aromatic N) is 1. The molecular formula is C20H35FN4O2. The molecule has 154 valence electrons. The number of hydrogen-bond donors (Lipinski definition) is 3. The number of hydrogen-bond acceptors (Lipinski definition) is 5. The summed E-state index contributed by atoms with van der Waals surface area (Å²) in [5, 5.41) is 5.24. The predicted molar refractivity (Wildman–Crippen MR) is 101 cm³/mol. The molecule has 5 atom stereocenters. The van der Waals surface area contributed by atoms with Crippen molar-refractivity contribution in [3.63, 3.8) is 0 Å². The van der Waals surface area contributed by atoms with Gasteiger partial charge in [0.2, 0.25) is 5.91 Å². The highest BCUT2D eigenvalue weighted by molar-refractivity contribution is 5.82. The summed E-state index contributed by atoms with van der Waals surface area (Å²) in [5.41, 5.74) is 6.30. The van der Waals surface area contributed by atoms with Crippen LogP contribution in [-0.2, 0) is 9.63 Å². The molecule has 6 nitrogen and oxygen atoms in total. The van der Waals surface area contributed by atoms with Crippen LogP contribution in [0.5, 0.6) is 0 Å². The van der Waals surface area contributed by atoms with Gasteiger partial charge in [0.1, 0.15) is 12.2 Å². The average molecular weight is 383 g/mol. The first-order valence-corrected chi connectivity index (χ1v) is 11.0. The van der Waals surface area contributed by atoms with Crippen molar-refractivity contribution in [3.8, 4) is 0 Å². The number of carbonyl (C=O) groups excluding carboxylic acids is 1. The van der Waals surface area contributed by atoms with E-state index >= 15 is 0 Å². The van der Waals surface area contributed by atoms with E-state index in [2.05, 4.69) is 21.2 Å². The second kappa shape index (κ2) is 9.16. The minimum absolute atomic E-state index is 0.0305. The highest BCUT2D eigenvalue weighted by atomic mass is 19.1. The Labute approximate surface area is 161 Å². The average Bonchev–Trinajstić information content (AvgIpc) is 3.34. The largest absolute Gasteiger partial charge is 0.349 e. The van der Waals surface area contributed by atoms with E-state index in [1.54, 1.807) is 0 Å². The molecule has 0 aromatic rings. The molecule has 0 aromatic heterocycles. The molecule has 7 heteroatoms. The van der Waals surface area contributed by atoms with Gasteiger partial charge < -0.3 is 5.32 Å². The maximum absolute atomic E-state index is 14.1. The van der Waals surface area contributed by atoms with Gasteiger partial charge in [-0.15, -0.1) is 0 Å². The molecule has 2 saturated heterocycles. The third kappa shape index (κ3) is 5.00. The maximum Gasteiger partial charge on any atom is 0.239 e. The third-order valence-electron chi connectivity index (χ3n) is 6.94. The number of rotatable bonds is 5. The summed E-state index contributed by atoms with van der Waals surface area (Å²) in [5.74, 6) is 0.752. The number of amides is 1.